The van der Waals surface area contributed by atoms with Crippen LogP contribution in [0.4, 0.5) is 9.59 Å². The molecule has 37 heavy (non-hydrogen) atoms. The van der Waals surface area contributed by atoms with E-state index in [9.17, 15) is 23.7 Å². The first-order valence-corrected chi connectivity index (χ1v) is 12.5. The molecule has 2 heterocycles. The van der Waals surface area contributed by atoms with Gasteiger partial charge in [-0.3, -0.25) is 18.9 Å². The molecule has 1 aromatic rings. The number of H-pyrrole nitrogens is 1. The summed E-state index contributed by atoms with van der Waals surface area (Å²) in [6, 6.07) is 1.13. The Bertz CT molecular complexity index is 1090. The molecular weight excluding hydrogens is 519 g/mol. The summed E-state index contributed by atoms with van der Waals surface area (Å²) in [5, 5.41) is 0. The minimum atomic E-state index is -4.50. The van der Waals surface area contributed by atoms with Crippen LogP contribution in [0.2, 0.25) is 0 Å². The van der Waals surface area contributed by atoms with Crippen molar-refractivity contribution in [2.24, 2.45) is 5.92 Å². The van der Waals surface area contributed by atoms with Gasteiger partial charge in [-0.25, -0.2) is 28.0 Å². The SMILES string of the molecule is C#CC1CC(COP(=O)(OCOC(=O)OC(C)C)OCOC(=O)OC(C)C)OC1n1ccc(=O)[nH]c1=O. The van der Waals surface area contributed by atoms with Gasteiger partial charge in [-0.1, -0.05) is 5.92 Å². The molecule has 0 radical (unpaired) electrons. The molecule has 1 aliphatic heterocycles. The van der Waals surface area contributed by atoms with Gasteiger partial charge >= 0.3 is 25.8 Å². The van der Waals surface area contributed by atoms with E-state index in [2.05, 4.69) is 20.4 Å². The average Bonchev–Trinajstić information content (AvgIpc) is 3.20. The van der Waals surface area contributed by atoms with Gasteiger partial charge in [0.1, 0.15) is 0 Å². The van der Waals surface area contributed by atoms with Crippen LogP contribution in [0.5, 0.6) is 0 Å². The number of ether oxygens (including phenoxy) is 5. The largest absolute Gasteiger partial charge is 0.510 e. The number of phosphoric acid groups is 1. The Kier molecular flexibility index (Phi) is 11.4. The van der Waals surface area contributed by atoms with Crippen molar-refractivity contribution in [2.75, 3.05) is 20.2 Å². The van der Waals surface area contributed by atoms with E-state index < -0.39 is 82.0 Å². The lowest BCUT2D eigenvalue weighted by atomic mass is 10.0. The fourth-order valence-electron chi connectivity index (χ4n) is 2.91. The highest BCUT2D eigenvalue weighted by molar-refractivity contribution is 7.48. The van der Waals surface area contributed by atoms with Crippen LogP contribution in [-0.4, -0.2) is 60.4 Å². The van der Waals surface area contributed by atoms with E-state index in [0.29, 0.717) is 0 Å². The molecule has 0 bridgehead atoms. The van der Waals surface area contributed by atoms with Gasteiger partial charge in [0, 0.05) is 12.3 Å². The van der Waals surface area contributed by atoms with E-state index in [1.165, 1.54) is 6.20 Å². The monoisotopic (exact) mass is 548 g/mol. The highest BCUT2D eigenvalue weighted by atomic mass is 31.2. The number of hydrogen-bond acceptors (Lipinski definition) is 13. The zero-order valence-corrected chi connectivity index (χ0v) is 21.5. The van der Waals surface area contributed by atoms with E-state index in [4.69, 9.17) is 34.2 Å². The highest BCUT2D eigenvalue weighted by Crippen LogP contribution is 2.50. The van der Waals surface area contributed by atoms with Crippen molar-refractivity contribution in [1.29, 1.82) is 0 Å². The molecule has 206 valence electrons. The summed E-state index contributed by atoms with van der Waals surface area (Å²) in [6.45, 7) is 4.19. The fraction of sp³-hybridized carbons (Fsp3) is 0.619. The second kappa shape index (κ2) is 14.0. The molecule has 0 spiro atoms. The predicted molar refractivity (Wildman–Crippen MR) is 123 cm³/mol. The number of carbonyl (C=O) groups is 2. The van der Waals surface area contributed by atoms with Crippen molar-refractivity contribution in [1.82, 2.24) is 9.55 Å². The Labute approximate surface area is 211 Å². The standard InChI is InChI=1S/C21H29N2O13P/c1-6-15-9-16(36-18(15)23-8-7-17(24)22-19(23)25)10-31-37(28,32-11-29-20(26)34-13(2)3)33-12-30-21(27)35-14(4)5/h1,7-8,13-16,18H,9-12H2,2-5H3,(H,22,24,25). The number of nitrogens with one attached hydrogen (secondary N) is 1. The molecular formula is C21H29N2O13P. The van der Waals surface area contributed by atoms with Crippen LogP contribution in [0.3, 0.4) is 0 Å². The quantitative estimate of drug-likeness (QED) is 0.174. The molecule has 1 fully saturated rings. The van der Waals surface area contributed by atoms with Gasteiger partial charge in [0.15, 0.2) is 6.23 Å². The highest BCUT2D eigenvalue weighted by Gasteiger charge is 2.38. The zero-order chi connectivity index (χ0) is 27.6. The number of rotatable bonds is 12. The molecule has 1 aliphatic rings. The molecule has 3 atom stereocenters. The number of phosphoric ester groups is 1. The molecule has 16 heteroatoms. The maximum absolute atomic E-state index is 13.0. The number of aromatic amines is 1. The average molecular weight is 548 g/mol. The normalized spacial score (nSPS) is 19.4. The van der Waals surface area contributed by atoms with Gasteiger partial charge in [0.25, 0.3) is 5.56 Å². The Morgan fingerprint density at radius 2 is 1.68 bits per heavy atom. The summed E-state index contributed by atoms with van der Waals surface area (Å²) >= 11 is 0. The summed E-state index contributed by atoms with van der Waals surface area (Å²) < 4.78 is 54.0. The Morgan fingerprint density at radius 1 is 1.11 bits per heavy atom. The van der Waals surface area contributed by atoms with Crippen molar-refractivity contribution in [3.8, 4) is 12.3 Å². The van der Waals surface area contributed by atoms with E-state index in [1.807, 2.05) is 0 Å². The lowest BCUT2D eigenvalue weighted by molar-refractivity contribution is -0.0600. The Morgan fingerprint density at radius 3 is 2.16 bits per heavy atom. The molecule has 1 N–H and O–H groups in total. The predicted octanol–water partition coefficient (Wildman–Crippen LogP) is 2.27. The van der Waals surface area contributed by atoms with Gasteiger partial charge < -0.3 is 23.7 Å². The molecule has 3 unspecified atom stereocenters. The summed E-state index contributed by atoms with van der Waals surface area (Å²) in [4.78, 5) is 48.6. The summed E-state index contributed by atoms with van der Waals surface area (Å²) in [7, 11) is -4.50. The van der Waals surface area contributed by atoms with Gasteiger partial charge in [0.2, 0.25) is 13.6 Å². The first-order valence-electron chi connectivity index (χ1n) is 11.1. The maximum Gasteiger partial charge on any atom is 0.510 e. The molecule has 1 saturated heterocycles. The van der Waals surface area contributed by atoms with Crippen LogP contribution in [0.1, 0.15) is 40.3 Å². The van der Waals surface area contributed by atoms with Crippen molar-refractivity contribution in [2.45, 2.75) is 58.7 Å². The van der Waals surface area contributed by atoms with Crippen LogP contribution >= 0.6 is 7.82 Å². The summed E-state index contributed by atoms with van der Waals surface area (Å²) in [6.07, 6.45) is 2.11. The Hall–Kier alpha value is -3.15. The first kappa shape index (κ1) is 30.1. The summed E-state index contributed by atoms with van der Waals surface area (Å²) in [5.74, 6) is 1.90. The van der Waals surface area contributed by atoms with Crippen LogP contribution in [-0.2, 0) is 41.8 Å². The van der Waals surface area contributed by atoms with Crippen LogP contribution in [0.25, 0.3) is 0 Å². The van der Waals surface area contributed by atoms with Crippen molar-refractivity contribution in [3.63, 3.8) is 0 Å². The number of terminal acetylenes is 1. The van der Waals surface area contributed by atoms with E-state index >= 15 is 0 Å². The lowest BCUT2D eigenvalue weighted by Gasteiger charge is -2.20. The van der Waals surface area contributed by atoms with Crippen LogP contribution in [0.15, 0.2) is 21.9 Å². The molecule has 0 saturated carbocycles. The van der Waals surface area contributed by atoms with E-state index in [1.54, 1.807) is 27.7 Å². The van der Waals surface area contributed by atoms with Gasteiger partial charge in [-0.15, -0.1) is 6.42 Å². The van der Waals surface area contributed by atoms with Gasteiger partial charge in [-0.2, -0.15) is 0 Å². The molecule has 2 rings (SSSR count). The Balaban J connectivity index is 2.02. The molecule has 0 aromatic carbocycles. The third kappa shape index (κ3) is 10.0. The second-order valence-corrected chi connectivity index (χ2v) is 9.70. The molecule has 15 nitrogen and oxygen atoms in total. The molecule has 0 amide bonds. The fourth-order valence-corrected chi connectivity index (χ4v) is 3.85. The maximum atomic E-state index is 13.0. The topological polar surface area (TPSA) is 180 Å². The zero-order valence-electron chi connectivity index (χ0n) is 20.6. The van der Waals surface area contributed by atoms with Crippen LogP contribution in [0, 0.1) is 18.3 Å². The molecule has 0 aliphatic carbocycles. The number of nitrogens with zero attached hydrogens (tertiary/aromatic N) is 1. The van der Waals surface area contributed by atoms with Gasteiger partial charge in [-0.05, 0) is 34.1 Å². The number of carbonyl (C=O) groups excluding carboxylic acids is 2. The minimum absolute atomic E-state index is 0.182. The summed E-state index contributed by atoms with van der Waals surface area (Å²) in [5.41, 5.74) is -1.32. The van der Waals surface area contributed by atoms with Crippen LogP contribution < -0.4 is 11.2 Å². The smallest absolute Gasteiger partial charge is 0.432 e. The number of aromatic nitrogens is 2. The van der Waals surface area contributed by atoms with Crippen molar-refractivity contribution < 1.29 is 51.4 Å². The van der Waals surface area contributed by atoms with Crippen molar-refractivity contribution >= 4 is 20.1 Å². The van der Waals surface area contributed by atoms with Crippen molar-refractivity contribution in [3.05, 3.63) is 33.1 Å². The third-order valence-corrected chi connectivity index (χ3v) is 5.70. The third-order valence-electron chi connectivity index (χ3n) is 4.39. The second-order valence-electron chi connectivity index (χ2n) is 8.03. The first-order chi connectivity index (χ1) is 17.4. The van der Waals surface area contributed by atoms with E-state index in [0.717, 1.165) is 10.6 Å². The number of hydrogen-bond donors (Lipinski definition) is 1. The molecule has 1 aromatic heterocycles. The van der Waals surface area contributed by atoms with E-state index in [-0.39, 0.29) is 6.42 Å². The minimum Gasteiger partial charge on any atom is -0.432 e. The van der Waals surface area contributed by atoms with Gasteiger partial charge in [0.05, 0.1) is 30.8 Å². The lowest BCUT2D eigenvalue weighted by Crippen LogP contribution is -2.33.